The smallest absolute Gasteiger partial charge is 0.303 e. The molecule has 1 aliphatic rings. The van der Waals surface area contributed by atoms with Crippen LogP contribution >= 0.6 is 0 Å². The third-order valence-electron chi connectivity index (χ3n) is 2.86. The van der Waals surface area contributed by atoms with Crippen molar-refractivity contribution in [3.05, 3.63) is 24.3 Å². The zero-order chi connectivity index (χ0) is 14.8. The topological polar surface area (TPSA) is 104 Å². The van der Waals surface area contributed by atoms with Gasteiger partial charge in [-0.3, -0.25) is 13.9 Å². The van der Waals surface area contributed by atoms with Crippen molar-refractivity contribution in [2.45, 2.75) is 12.8 Å². The molecule has 0 unspecified atom stereocenters. The summed E-state index contributed by atoms with van der Waals surface area (Å²) in [7, 11) is -3.72. The molecule has 2 N–H and O–H groups in total. The number of sulfonamides is 1. The lowest BCUT2D eigenvalue weighted by molar-refractivity contribution is -0.137. The average molecular weight is 298 g/mol. The predicted octanol–water partition coefficient (Wildman–Crippen LogP) is 0.640. The maximum Gasteiger partial charge on any atom is 0.303 e. The molecular weight excluding hydrogens is 284 g/mol. The molecule has 0 radical (unpaired) electrons. The van der Waals surface area contributed by atoms with E-state index < -0.39 is 21.9 Å². The highest BCUT2D eigenvalue weighted by Crippen LogP contribution is 2.31. The van der Waals surface area contributed by atoms with Gasteiger partial charge in [-0.2, -0.15) is 0 Å². The number of carboxylic acid groups (broad SMARTS) is 1. The van der Waals surface area contributed by atoms with E-state index >= 15 is 0 Å². The Labute approximate surface area is 116 Å². The lowest BCUT2D eigenvalue weighted by Crippen LogP contribution is -2.43. The number of aliphatic carboxylic acids is 1. The molecule has 0 saturated heterocycles. The van der Waals surface area contributed by atoms with E-state index in [1.807, 2.05) is 0 Å². The first-order valence-corrected chi connectivity index (χ1v) is 7.62. The largest absolute Gasteiger partial charge is 0.481 e. The van der Waals surface area contributed by atoms with Crippen molar-refractivity contribution in [1.29, 1.82) is 0 Å². The molecule has 1 amide bonds. The van der Waals surface area contributed by atoms with Crippen LogP contribution in [0.25, 0.3) is 0 Å². The van der Waals surface area contributed by atoms with Gasteiger partial charge in [0.2, 0.25) is 15.9 Å². The van der Waals surface area contributed by atoms with Crippen LogP contribution in [0.3, 0.4) is 0 Å². The molecule has 0 aromatic heterocycles. The summed E-state index contributed by atoms with van der Waals surface area (Å²) in [6.45, 7) is -0.285. The first kappa shape index (κ1) is 14.3. The maximum atomic E-state index is 12.2. The fourth-order valence-corrected chi connectivity index (χ4v) is 3.47. The van der Waals surface area contributed by atoms with E-state index in [9.17, 15) is 18.0 Å². The van der Waals surface area contributed by atoms with Gasteiger partial charge in [-0.25, -0.2) is 8.42 Å². The van der Waals surface area contributed by atoms with Gasteiger partial charge in [-0.15, -0.1) is 0 Å². The van der Waals surface area contributed by atoms with Crippen LogP contribution in [-0.2, 0) is 19.6 Å². The number of rotatable bonds is 5. The minimum absolute atomic E-state index is 0.0119. The maximum absolute atomic E-state index is 12.2. The Balaban J connectivity index is 2.23. The summed E-state index contributed by atoms with van der Waals surface area (Å²) in [6, 6.07) is 6.59. The molecule has 1 aliphatic heterocycles. The van der Waals surface area contributed by atoms with Gasteiger partial charge in [0.25, 0.3) is 0 Å². The van der Waals surface area contributed by atoms with Crippen LogP contribution in [0.2, 0.25) is 0 Å². The third kappa shape index (κ3) is 3.08. The Bertz CT molecular complexity index is 641. The summed E-state index contributed by atoms with van der Waals surface area (Å²) in [6.07, 6.45) is -0.209. The van der Waals surface area contributed by atoms with Crippen LogP contribution in [0.5, 0.6) is 0 Å². The zero-order valence-corrected chi connectivity index (χ0v) is 11.4. The summed E-state index contributed by atoms with van der Waals surface area (Å²) < 4.78 is 25.5. The normalized spacial score (nSPS) is 14.6. The number of carbonyl (C=O) groups excluding carboxylic acids is 1. The van der Waals surface area contributed by atoms with E-state index in [1.165, 1.54) is 0 Å². The van der Waals surface area contributed by atoms with Crippen LogP contribution in [0.15, 0.2) is 24.3 Å². The number of carboxylic acids is 1. The lowest BCUT2D eigenvalue weighted by atomic mass is 10.2. The fourth-order valence-electron chi connectivity index (χ4n) is 1.97. The summed E-state index contributed by atoms with van der Waals surface area (Å²) >= 11 is 0. The Morgan fingerprint density at radius 3 is 2.75 bits per heavy atom. The number of amides is 1. The van der Waals surface area contributed by atoms with Gasteiger partial charge in [0.15, 0.2) is 0 Å². The highest BCUT2D eigenvalue weighted by Gasteiger charge is 2.30. The minimum Gasteiger partial charge on any atom is -0.481 e. The SMILES string of the molecule is O=C(O)CCCS(=O)(=O)N1CC(=O)Nc2ccccc21. The Morgan fingerprint density at radius 2 is 2.05 bits per heavy atom. The van der Waals surface area contributed by atoms with Gasteiger partial charge in [0, 0.05) is 6.42 Å². The van der Waals surface area contributed by atoms with Crippen LogP contribution in [0, 0.1) is 0 Å². The number of para-hydroxylation sites is 2. The van der Waals surface area contributed by atoms with Crippen molar-refractivity contribution < 1.29 is 23.1 Å². The number of carbonyl (C=O) groups is 2. The van der Waals surface area contributed by atoms with E-state index in [-0.39, 0.29) is 25.1 Å². The number of fused-ring (bicyclic) bond motifs is 1. The molecule has 0 aliphatic carbocycles. The molecule has 1 aromatic rings. The summed E-state index contributed by atoms with van der Waals surface area (Å²) in [5.41, 5.74) is 0.841. The molecule has 7 nitrogen and oxygen atoms in total. The summed E-state index contributed by atoms with van der Waals surface area (Å²) in [5.74, 6) is -1.76. The van der Waals surface area contributed by atoms with E-state index in [2.05, 4.69) is 5.32 Å². The van der Waals surface area contributed by atoms with E-state index in [0.717, 1.165) is 4.31 Å². The third-order valence-corrected chi connectivity index (χ3v) is 4.66. The quantitative estimate of drug-likeness (QED) is 0.830. The molecule has 2 rings (SSSR count). The van der Waals surface area contributed by atoms with E-state index in [0.29, 0.717) is 11.4 Å². The first-order chi connectivity index (χ1) is 9.40. The highest BCUT2D eigenvalue weighted by molar-refractivity contribution is 7.92. The molecule has 108 valence electrons. The van der Waals surface area contributed by atoms with Gasteiger partial charge in [-0.05, 0) is 18.6 Å². The lowest BCUT2D eigenvalue weighted by Gasteiger charge is -2.30. The van der Waals surface area contributed by atoms with Gasteiger partial charge in [-0.1, -0.05) is 12.1 Å². The van der Waals surface area contributed by atoms with Gasteiger partial charge in [0.05, 0.1) is 17.1 Å². The minimum atomic E-state index is -3.72. The monoisotopic (exact) mass is 298 g/mol. The van der Waals surface area contributed by atoms with Crippen LogP contribution in [-0.4, -0.2) is 37.7 Å². The average Bonchev–Trinajstić information content (AvgIpc) is 2.37. The molecule has 0 bridgehead atoms. The van der Waals surface area contributed by atoms with E-state index in [4.69, 9.17) is 5.11 Å². The molecule has 0 atom stereocenters. The molecule has 0 fully saturated rings. The number of nitrogens with one attached hydrogen (secondary N) is 1. The van der Waals surface area contributed by atoms with Gasteiger partial charge in [0.1, 0.15) is 6.54 Å². The van der Waals surface area contributed by atoms with Crippen LogP contribution in [0.4, 0.5) is 11.4 Å². The Kier molecular flexibility index (Phi) is 3.93. The fraction of sp³-hybridized carbons (Fsp3) is 0.333. The molecule has 20 heavy (non-hydrogen) atoms. The first-order valence-electron chi connectivity index (χ1n) is 6.01. The van der Waals surface area contributed by atoms with Crippen molar-refractivity contribution in [2.24, 2.45) is 0 Å². The van der Waals surface area contributed by atoms with E-state index in [1.54, 1.807) is 24.3 Å². The van der Waals surface area contributed by atoms with Crippen molar-refractivity contribution in [1.82, 2.24) is 0 Å². The second kappa shape index (κ2) is 5.49. The molecular formula is C12H14N2O5S. The Hall–Kier alpha value is -2.09. The highest BCUT2D eigenvalue weighted by atomic mass is 32.2. The predicted molar refractivity (Wildman–Crippen MR) is 73.1 cm³/mol. The number of hydrogen-bond acceptors (Lipinski definition) is 4. The summed E-state index contributed by atoms with van der Waals surface area (Å²) in [4.78, 5) is 22.0. The molecule has 1 heterocycles. The molecule has 1 aromatic carbocycles. The number of anilines is 2. The van der Waals surface area contributed by atoms with Crippen LogP contribution < -0.4 is 9.62 Å². The second-order valence-corrected chi connectivity index (χ2v) is 6.40. The molecule has 0 spiro atoms. The second-order valence-electron chi connectivity index (χ2n) is 4.39. The van der Waals surface area contributed by atoms with Crippen molar-refractivity contribution in [2.75, 3.05) is 21.9 Å². The summed E-state index contributed by atoms with van der Waals surface area (Å²) in [5, 5.41) is 11.1. The van der Waals surface area contributed by atoms with Crippen LogP contribution in [0.1, 0.15) is 12.8 Å². The number of nitrogens with zero attached hydrogens (tertiary/aromatic N) is 1. The molecule has 0 saturated carbocycles. The molecule has 8 heteroatoms. The van der Waals surface area contributed by atoms with Crippen molar-refractivity contribution >= 4 is 33.3 Å². The Morgan fingerprint density at radius 1 is 1.35 bits per heavy atom. The standard InChI is InChI=1S/C12H14N2O5S/c15-11-8-14(10-5-2-1-4-9(10)13-11)20(18,19)7-3-6-12(16)17/h1-2,4-5H,3,6-8H2,(H,13,15)(H,16,17). The number of benzene rings is 1. The van der Waals surface area contributed by atoms with Gasteiger partial charge >= 0.3 is 5.97 Å². The number of hydrogen-bond donors (Lipinski definition) is 2. The zero-order valence-electron chi connectivity index (χ0n) is 10.6. The van der Waals surface area contributed by atoms with Crippen molar-refractivity contribution in [3.63, 3.8) is 0 Å². The van der Waals surface area contributed by atoms with Crippen molar-refractivity contribution in [3.8, 4) is 0 Å². The van der Waals surface area contributed by atoms with Gasteiger partial charge < -0.3 is 10.4 Å².